The first-order valence-corrected chi connectivity index (χ1v) is 11.7. The summed E-state index contributed by atoms with van der Waals surface area (Å²) in [4.78, 5) is 34.6. The van der Waals surface area contributed by atoms with E-state index >= 15 is 0 Å². The summed E-state index contributed by atoms with van der Waals surface area (Å²) in [5.41, 5.74) is 4.13. The molecule has 5 rings (SSSR count). The zero-order valence-corrected chi connectivity index (χ0v) is 20.1. The molecule has 10 heteroatoms. The monoisotopic (exact) mass is 485 g/mol. The normalized spacial score (nSPS) is 13.1. The average Bonchev–Trinajstić information content (AvgIpc) is 3.42. The van der Waals surface area contributed by atoms with Gasteiger partial charge >= 0.3 is 6.03 Å². The van der Waals surface area contributed by atoms with Gasteiger partial charge in [-0.2, -0.15) is 0 Å². The molecule has 1 fully saturated rings. The summed E-state index contributed by atoms with van der Waals surface area (Å²) in [5.74, 6) is 1.48. The Balaban J connectivity index is 1.25. The van der Waals surface area contributed by atoms with Crippen LogP contribution in [0.3, 0.4) is 0 Å². The highest BCUT2D eigenvalue weighted by atomic mass is 16.5. The molecule has 0 unspecified atom stereocenters. The highest BCUT2D eigenvalue weighted by Crippen LogP contribution is 2.28. The van der Waals surface area contributed by atoms with Crippen molar-refractivity contribution in [3.8, 4) is 11.5 Å². The van der Waals surface area contributed by atoms with Crippen molar-refractivity contribution < 1.29 is 14.3 Å². The van der Waals surface area contributed by atoms with E-state index in [1.165, 1.54) is 11.8 Å². The number of carbonyl (C=O) groups is 2. The van der Waals surface area contributed by atoms with Crippen molar-refractivity contribution in [2.75, 3.05) is 31.5 Å². The number of amides is 3. The number of ether oxygens (including phenoxy) is 1. The van der Waals surface area contributed by atoms with Crippen LogP contribution in [-0.4, -0.2) is 57.6 Å². The molecule has 3 amide bonds. The molecule has 2 aromatic heterocycles. The van der Waals surface area contributed by atoms with Gasteiger partial charge in [-0.25, -0.2) is 9.78 Å². The second kappa shape index (κ2) is 9.95. The zero-order valence-electron chi connectivity index (χ0n) is 20.1. The van der Waals surface area contributed by atoms with Crippen molar-refractivity contribution in [1.82, 2.24) is 30.1 Å². The Labute approximate surface area is 208 Å². The van der Waals surface area contributed by atoms with Gasteiger partial charge in [0.25, 0.3) is 5.91 Å². The molecule has 0 saturated carbocycles. The molecule has 0 spiro atoms. The number of benzene rings is 2. The summed E-state index contributed by atoms with van der Waals surface area (Å²) in [6.45, 7) is 4.10. The summed E-state index contributed by atoms with van der Waals surface area (Å²) in [5, 5.41) is 8.88. The Morgan fingerprint density at radius 1 is 1.11 bits per heavy atom. The van der Waals surface area contributed by atoms with E-state index in [2.05, 4.69) is 27.9 Å². The first kappa shape index (κ1) is 23.2. The molecule has 2 aromatic carbocycles. The molecule has 4 aromatic rings. The molecule has 3 heterocycles. The van der Waals surface area contributed by atoms with Crippen molar-refractivity contribution in [2.24, 2.45) is 7.05 Å². The van der Waals surface area contributed by atoms with Crippen molar-refractivity contribution in [1.29, 1.82) is 0 Å². The number of rotatable bonds is 8. The third-order valence-electron chi connectivity index (χ3n) is 5.97. The van der Waals surface area contributed by atoms with E-state index in [4.69, 9.17) is 9.72 Å². The fourth-order valence-corrected chi connectivity index (χ4v) is 3.98. The number of urea groups is 1. The Morgan fingerprint density at radius 2 is 1.92 bits per heavy atom. The van der Waals surface area contributed by atoms with Gasteiger partial charge in [0.1, 0.15) is 17.2 Å². The molecular weight excluding hydrogens is 458 g/mol. The predicted octanol–water partition coefficient (Wildman–Crippen LogP) is 3.57. The highest BCUT2D eigenvalue weighted by Gasteiger charge is 2.19. The van der Waals surface area contributed by atoms with E-state index in [1.807, 2.05) is 54.1 Å². The van der Waals surface area contributed by atoms with Gasteiger partial charge in [0.2, 0.25) is 5.95 Å². The number of fused-ring (bicyclic) bond motifs is 1. The standard InChI is InChI=1S/C26H27N7O3/c1-17-3-5-18(6-4-17)30-25-31-21-15-19(7-8-23(21)32(25)2)36-20-9-10-27-22(16-20)24(34)28-11-13-33-14-12-29-26(33)35/h3-10,15-16H,11-14H2,1-2H3,(H,28,34)(H,29,35)(H,30,31). The summed E-state index contributed by atoms with van der Waals surface area (Å²) in [6, 6.07) is 17.0. The van der Waals surface area contributed by atoms with Gasteiger partial charge in [0.05, 0.1) is 11.0 Å². The number of carbonyl (C=O) groups excluding carboxylic acids is 2. The summed E-state index contributed by atoms with van der Waals surface area (Å²) < 4.78 is 7.99. The van der Waals surface area contributed by atoms with Crippen LogP contribution in [0.1, 0.15) is 16.1 Å². The Morgan fingerprint density at radius 3 is 2.69 bits per heavy atom. The van der Waals surface area contributed by atoms with E-state index in [-0.39, 0.29) is 17.6 Å². The maximum Gasteiger partial charge on any atom is 0.317 e. The number of hydrogen-bond donors (Lipinski definition) is 3. The predicted molar refractivity (Wildman–Crippen MR) is 137 cm³/mol. The molecular formula is C26H27N7O3. The Hall–Kier alpha value is -4.60. The average molecular weight is 486 g/mol. The fraction of sp³-hybridized carbons (Fsp3) is 0.231. The van der Waals surface area contributed by atoms with Crippen LogP contribution in [0.5, 0.6) is 11.5 Å². The molecule has 10 nitrogen and oxygen atoms in total. The second-order valence-electron chi connectivity index (χ2n) is 8.59. The van der Waals surface area contributed by atoms with Crippen molar-refractivity contribution in [2.45, 2.75) is 6.92 Å². The van der Waals surface area contributed by atoms with Gasteiger partial charge in [-0.15, -0.1) is 0 Å². The summed E-state index contributed by atoms with van der Waals surface area (Å²) in [6.07, 6.45) is 1.53. The third-order valence-corrected chi connectivity index (χ3v) is 5.97. The van der Waals surface area contributed by atoms with Crippen LogP contribution in [0, 0.1) is 6.92 Å². The lowest BCUT2D eigenvalue weighted by Gasteiger charge is -2.14. The van der Waals surface area contributed by atoms with E-state index < -0.39 is 0 Å². The Kier molecular flexibility index (Phi) is 6.40. The van der Waals surface area contributed by atoms with Crippen molar-refractivity contribution in [3.63, 3.8) is 0 Å². The highest BCUT2D eigenvalue weighted by molar-refractivity contribution is 5.92. The number of pyridine rings is 1. The minimum Gasteiger partial charge on any atom is -0.457 e. The van der Waals surface area contributed by atoms with Gasteiger partial charge in [0.15, 0.2) is 0 Å². The summed E-state index contributed by atoms with van der Waals surface area (Å²) in [7, 11) is 1.95. The van der Waals surface area contributed by atoms with Gasteiger partial charge in [-0.05, 0) is 37.3 Å². The van der Waals surface area contributed by atoms with Crippen LogP contribution in [-0.2, 0) is 7.05 Å². The number of aromatic nitrogens is 3. The SMILES string of the molecule is Cc1ccc(Nc2nc3cc(Oc4ccnc(C(=O)NCCN5CCNC5=O)c4)ccc3n2C)cc1. The van der Waals surface area contributed by atoms with Crippen LogP contribution in [0.2, 0.25) is 0 Å². The van der Waals surface area contributed by atoms with Gasteiger partial charge in [-0.3, -0.25) is 9.78 Å². The zero-order chi connectivity index (χ0) is 25.1. The number of imidazole rings is 1. The fourth-order valence-electron chi connectivity index (χ4n) is 3.98. The molecule has 1 saturated heterocycles. The van der Waals surface area contributed by atoms with E-state index in [0.717, 1.165) is 22.7 Å². The number of nitrogens with zero attached hydrogens (tertiary/aromatic N) is 4. The number of hydrogen-bond acceptors (Lipinski definition) is 6. The quantitative estimate of drug-likeness (QED) is 0.352. The van der Waals surface area contributed by atoms with Gasteiger partial charge < -0.3 is 30.2 Å². The lowest BCUT2D eigenvalue weighted by atomic mass is 10.2. The topological polar surface area (TPSA) is 113 Å². The molecule has 0 bridgehead atoms. The second-order valence-corrected chi connectivity index (χ2v) is 8.59. The van der Waals surface area contributed by atoms with Crippen molar-refractivity contribution in [3.05, 3.63) is 72.1 Å². The van der Waals surface area contributed by atoms with Crippen LogP contribution < -0.4 is 20.7 Å². The first-order chi connectivity index (χ1) is 17.5. The van der Waals surface area contributed by atoms with E-state index in [1.54, 1.807) is 17.0 Å². The third kappa shape index (κ3) is 5.07. The lowest BCUT2D eigenvalue weighted by molar-refractivity contribution is 0.0945. The van der Waals surface area contributed by atoms with Crippen LogP contribution in [0.15, 0.2) is 60.8 Å². The van der Waals surface area contributed by atoms with E-state index in [9.17, 15) is 9.59 Å². The largest absolute Gasteiger partial charge is 0.457 e. The van der Waals surface area contributed by atoms with Gasteiger partial charge in [0, 0.05) is 57.2 Å². The van der Waals surface area contributed by atoms with Crippen LogP contribution in [0.4, 0.5) is 16.4 Å². The van der Waals surface area contributed by atoms with Crippen LogP contribution in [0.25, 0.3) is 11.0 Å². The first-order valence-electron chi connectivity index (χ1n) is 11.7. The van der Waals surface area contributed by atoms with E-state index in [0.29, 0.717) is 37.7 Å². The van der Waals surface area contributed by atoms with Crippen molar-refractivity contribution >= 4 is 34.6 Å². The maximum absolute atomic E-state index is 12.5. The molecule has 0 radical (unpaired) electrons. The van der Waals surface area contributed by atoms with Gasteiger partial charge in [-0.1, -0.05) is 17.7 Å². The Bertz CT molecular complexity index is 1420. The molecule has 36 heavy (non-hydrogen) atoms. The molecule has 3 N–H and O–H groups in total. The maximum atomic E-state index is 12.5. The molecule has 184 valence electrons. The molecule has 1 aliphatic rings. The molecule has 1 aliphatic heterocycles. The smallest absolute Gasteiger partial charge is 0.317 e. The minimum atomic E-state index is -0.327. The molecule has 0 atom stereocenters. The molecule has 0 aliphatic carbocycles. The number of nitrogens with one attached hydrogen (secondary N) is 3. The number of anilines is 2. The minimum absolute atomic E-state index is 0.110. The lowest BCUT2D eigenvalue weighted by Crippen LogP contribution is -2.37. The number of aryl methyl sites for hydroxylation is 2. The van der Waals surface area contributed by atoms with Crippen LogP contribution >= 0.6 is 0 Å². The summed E-state index contributed by atoms with van der Waals surface area (Å²) >= 11 is 0.